The van der Waals surface area contributed by atoms with Crippen molar-refractivity contribution in [3.05, 3.63) is 71.2 Å². The number of nitriles is 1. The maximum atomic E-state index is 13.1. The van der Waals surface area contributed by atoms with Crippen LogP contribution in [0.4, 0.5) is 4.39 Å². The van der Waals surface area contributed by atoms with Crippen molar-refractivity contribution in [3.8, 4) is 17.3 Å². The van der Waals surface area contributed by atoms with Crippen LogP contribution >= 0.6 is 0 Å². The van der Waals surface area contributed by atoms with Crippen LogP contribution in [0.25, 0.3) is 11.3 Å². The molecule has 0 aliphatic carbocycles. The van der Waals surface area contributed by atoms with Gasteiger partial charge in [-0.1, -0.05) is 35.0 Å². The number of nitrogens with zero attached hydrogens (tertiary/aromatic N) is 4. The zero-order valence-corrected chi connectivity index (χ0v) is 12.0. The van der Waals surface area contributed by atoms with Gasteiger partial charge >= 0.3 is 0 Å². The molecule has 0 saturated heterocycles. The van der Waals surface area contributed by atoms with Crippen LogP contribution in [0.1, 0.15) is 16.8 Å². The van der Waals surface area contributed by atoms with Crippen LogP contribution in [0, 0.1) is 24.1 Å². The van der Waals surface area contributed by atoms with Gasteiger partial charge in [-0.2, -0.15) is 5.26 Å². The van der Waals surface area contributed by atoms with E-state index in [1.165, 1.54) is 17.7 Å². The molecule has 0 aliphatic rings. The Balaban J connectivity index is 2.02. The van der Waals surface area contributed by atoms with Gasteiger partial charge in [0.2, 0.25) is 0 Å². The van der Waals surface area contributed by atoms with Gasteiger partial charge in [0.15, 0.2) is 5.69 Å². The number of aryl methyl sites for hydroxylation is 1. The van der Waals surface area contributed by atoms with Crippen molar-refractivity contribution < 1.29 is 4.39 Å². The Bertz CT molecular complexity index is 827. The van der Waals surface area contributed by atoms with E-state index in [0.29, 0.717) is 12.2 Å². The molecule has 0 N–H and O–H groups in total. The second-order valence-electron chi connectivity index (χ2n) is 5.05. The molecule has 1 heterocycles. The maximum absolute atomic E-state index is 13.1. The highest BCUT2D eigenvalue weighted by Crippen LogP contribution is 2.23. The number of rotatable bonds is 3. The van der Waals surface area contributed by atoms with Gasteiger partial charge in [-0.25, -0.2) is 9.07 Å². The van der Waals surface area contributed by atoms with Gasteiger partial charge in [0.1, 0.15) is 17.6 Å². The second kappa shape index (κ2) is 5.78. The number of benzene rings is 2. The van der Waals surface area contributed by atoms with Crippen LogP contribution < -0.4 is 0 Å². The van der Waals surface area contributed by atoms with Crippen LogP contribution in [0.3, 0.4) is 0 Å². The summed E-state index contributed by atoms with van der Waals surface area (Å²) in [6.07, 6.45) is 0. The lowest BCUT2D eigenvalue weighted by Gasteiger charge is -2.07. The lowest BCUT2D eigenvalue weighted by Crippen LogP contribution is -2.04. The third kappa shape index (κ3) is 2.72. The molecule has 0 bridgehead atoms. The monoisotopic (exact) mass is 292 g/mol. The molecule has 0 amide bonds. The summed E-state index contributed by atoms with van der Waals surface area (Å²) in [6.45, 7) is 2.53. The Morgan fingerprint density at radius 1 is 1.09 bits per heavy atom. The first-order valence-corrected chi connectivity index (χ1v) is 6.82. The van der Waals surface area contributed by atoms with E-state index < -0.39 is 0 Å². The van der Waals surface area contributed by atoms with Gasteiger partial charge < -0.3 is 0 Å². The quantitative estimate of drug-likeness (QED) is 0.744. The van der Waals surface area contributed by atoms with E-state index in [0.717, 1.165) is 11.1 Å². The number of aromatic nitrogens is 3. The molecule has 0 aliphatic heterocycles. The minimum Gasteiger partial charge on any atom is -0.239 e. The molecule has 108 valence electrons. The van der Waals surface area contributed by atoms with E-state index in [2.05, 4.69) is 10.3 Å². The maximum Gasteiger partial charge on any atom is 0.190 e. The standard InChI is InChI=1S/C17H13FN4/c1-12-2-4-13(5-3-12)11-22-17(16(10-19)20-21-22)14-6-8-15(18)9-7-14/h2-9H,11H2,1H3. The van der Waals surface area contributed by atoms with Crippen molar-refractivity contribution in [2.75, 3.05) is 0 Å². The fraction of sp³-hybridized carbons (Fsp3) is 0.118. The fourth-order valence-corrected chi connectivity index (χ4v) is 2.26. The van der Waals surface area contributed by atoms with Crippen LogP contribution in [0.2, 0.25) is 0 Å². The highest BCUT2D eigenvalue weighted by molar-refractivity contribution is 5.64. The smallest absolute Gasteiger partial charge is 0.190 e. The highest BCUT2D eigenvalue weighted by Gasteiger charge is 2.15. The predicted molar refractivity (Wildman–Crippen MR) is 80.4 cm³/mol. The van der Waals surface area contributed by atoms with Crippen molar-refractivity contribution >= 4 is 0 Å². The molecule has 22 heavy (non-hydrogen) atoms. The first-order chi connectivity index (χ1) is 10.7. The van der Waals surface area contributed by atoms with Gasteiger partial charge in [-0.15, -0.1) is 5.10 Å². The minimum absolute atomic E-state index is 0.235. The second-order valence-corrected chi connectivity index (χ2v) is 5.05. The molecule has 4 nitrogen and oxygen atoms in total. The van der Waals surface area contributed by atoms with Crippen molar-refractivity contribution in [1.29, 1.82) is 5.26 Å². The van der Waals surface area contributed by atoms with Gasteiger partial charge in [0, 0.05) is 5.56 Å². The SMILES string of the molecule is Cc1ccc(Cn2nnc(C#N)c2-c2ccc(F)cc2)cc1. The molecule has 5 heteroatoms. The van der Waals surface area contributed by atoms with Crippen LogP contribution in [-0.2, 0) is 6.54 Å². The van der Waals surface area contributed by atoms with Crippen molar-refractivity contribution in [1.82, 2.24) is 15.0 Å². The molecule has 0 saturated carbocycles. The van der Waals surface area contributed by atoms with Crippen LogP contribution in [0.15, 0.2) is 48.5 Å². The van der Waals surface area contributed by atoms with Crippen LogP contribution in [-0.4, -0.2) is 15.0 Å². The summed E-state index contributed by atoms with van der Waals surface area (Å²) in [4.78, 5) is 0. The summed E-state index contributed by atoms with van der Waals surface area (Å²) < 4.78 is 14.8. The molecule has 2 aromatic carbocycles. The normalized spacial score (nSPS) is 10.4. The Morgan fingerprint density at radius 3 is 2.41 bits per heavy atom. The van der Waals surface area contributed by atoms with E-state index in [-0.39, 0.29) is 11.5 Å². The van der Waals surface area contributed by atoms with Gasteiger partial charge in [-0.05, 0) is 36.8 Å². The van der Waals surface area contributed by atoms with Gasteiger partial charge in [0.25, 0.3) is 0 Å². The summed E-state index contributed by atoms with van der Waals surface area (Å²) in [7, 11) is 0. The molecule has 0 fully saturated rings. The summed E-state index contributed by atoms with van der Waals surface area (Å²) in [5, 5.41) is 17.2. The zero-order valence-electron chi connectivity index (χ0n) is 12.0. The molecular weight excluding hydrogens is 279 g/mol. The van der Waals surface area contributed by atoms with E-state index in [1.807, 2.05) is 37.3 Å². The van der Waals surface area contributed by atoms with Crippen molar-refractivity contribution in [2.24, 2.45) is 0 Å². The third-order valence-corrected chi connectivity index (χ3v) is 3.41. The Hall–Kier alpha value is -3.00. The average molecular weight is 292 g/mol. The number of hydrogen-bond acceptors (Lipinski definition) is 3. The molecule has 3 rings (SSSR count). The predicted octanol–water partition coefficient (Wildman–Crippen LogP) is 3.31. The third-order valence-electron chi connectivity index (χ3n) is 3.41. The fourth-order valence-electron chi connectivity index (χ4n) is 2.26. The Kier molecular flexibility index (Phi) is 3.67. The summed E-state index contributed by atoms with van der Waals surface area (Å²) in [5.74, 6) is -0.320. The Labute approximate surface area is 127 Å². The molecule has 0 spiro atoms. The molecule has 0 radical (unpaired) electrons. The van der Waals surface area contributed by atoms with E-state index in [9.17, 15) is 9.65 Å². The average Bonchev–Trinajstić information content (AvgIpc) is 2.93. The molecule has 0 unspecified atom stereocenters. The number of halogens is 1. The van der Waals surface area contributed by atoms with E-state index >= 15 is 0 Å². The van der Waals surface area contributed by atoms with E-state index in [1.54, 1.807) is 16.8 Å². The van der Waals surface area contributed by atoms with E-state index in [4.69, 9.17) is 0 Å². The Morgan fingerprint density at radius 2 is 1.77 bits per heavy atom. The zero-order chi connectivity index (χ0) is 15.5. The minimum atomic E-state index is -0.320. The largest absolute Gasteiger partial charge is 0.239 e. The summed E-state index contributed by atoms with van der Waals surface area (Å²) >= 11 is 0. The lowest BCUT2D eigenvalue weighted by atomic mass is 10.1. The lowest BCUT2D eigenvalue weighted by molar-refractivity contribution is 0.627. The van der Waals surface area contributed by atoms with Crippen LogP contribution in [0.5, 0.6) is 0 Å². The highest BCUT2D eigenvalue weighted by atomic mass is 19.1. The summed E-state index contributed by atoms with van der Waals surface area (Å²) in [6, 6.07) is 16.1. The molecule has 0 atom stereocenters. The topological polar surface area (TPSA) is 54.5 Å². The first-order valence-electron chi connectivity index (χ1n) is 6.82. The van der Waals surface area contributed by atoms with Gasteiger partial charge in [0.05, 0.1) is 6.54 Å². The van der Waals surface area contributed by atoms with Crippen molar-refractivity contribution in [3.63, 3.8) is 0 Å². The summed E-state index contributed by atoms with van der Waals surface area (Å²) in [5.41, 5.74) is 3.79. The number of hydrogen-bond donors (Lipinski definition) is 0. The van der Waals surface area contributed by atoms with Crippen molar-refractivity contribution in [2.45, 2.75) is 13.5 Å². The van der Waals surface area contributed by atoms with Gasteiger partial charge in [-0.3, -0.25) is 0 Å². The molecule has 3 aromatic rings. The molecular formula is C17H13FN4. The first kappa shape index (κ1) is 14.0. The molecule has 1 aromatic heterocycles.